The number of aromatic amines is 1. The van der Waals surface area contributed by atoms with Crippen LogP contribution in [-0.2, 0) is 17.8 Å². The zero-order chi connectivity index (χ0) is 28.5. The molecule has 0 radical (unpaired) electrons. The van der Waals surface area contributed by atoms with Crippen molar-refractivity contribution in [2.45, 2.75) is 57.5 Å². The lowest BCUT2D eigenvalue weighted by atomic mass is 9.82. The van der Waals surface area contributed by atoms with Gasteiger partial charge in [0.25, 0.3) is 12.0 Å². The van der Waals surface area contributed by atoms with Crippen LogP contribution in [0.2, 0.25) is 0 Å². The summed E-state index contributed by atoms with van der Waals surface area (Å²) in [6.45, 7) is 0.843. The summed E-state index contributed by atoms with van der Waals surface area (Å²) >= 11 is 0. The van der Waals surface area contributed by atoms with E-state index in [1.165, 1.54) is 16.8 Å². The fourth-order valence-electron chi connectivity index (χ4n) is 5.82. The highest BCUT2D eigenvalue weighted by Gasteiger charge is 2.32. The Morgan fingerprint density at radius 2 is 1.98 bits per heavy atom. The van der Waals surface area contributed by atoms with Crippen LogP contribution in [-0.4, -0.2) is 62.6 Å². The Bertz CT molecular complexity index is 1700. The van der Waals surface area contributed by atoms with Crippen molar-refractivity contribution < 1.29 is 18.3 Å². The lowest BCUT2D eigenvalue weighted by Gasteiger charge is -2.29. The number of nitrogens with one attached hydrogen (secondary N) is 1. The number of nitriles is 1. The van der Waals surface area contributed by atoms with E-state index in [1.54, 1.807) is 6.07 Å². The molecule has 6 rings (SSSR count). The molecule has 9 nitrogen and oxygen atoms in total. The van der Waals surface area contributed by atoms with E-state index in [1.807, 2.05) is 24.3 Å². The van der Waals surface area contributed by atoms with Crippen LogP contribution in [0.25, 0.3) is 21.8 Å². The van der Waals surface area contributed by atoms with Gasteiger partial charge in [-0.05, 0) is 44.4 Å². The molecule has 2 aliphatic rings. The molecule has 0 amide bonds. The third kappa shape index (κ3) is 5.57. The number of aromatic nitrogens is 4. The van der Waals surface area contributed by atoms with E-state index in [2.05, 4.69) is 14.9 Å². The Morgan fingerprint density at radius 3 is 2.71 bits per heavy atom. The average molecular weight is 561 g/mol. The molecule has 3 heterocycles. The van der Waals surface area contributed by atoms with E-state index in [0.29, 0.717) is 46.8 Å². The fourth-order valence-corrected chi connectivity index (χ4v) is 5.82. The standard InChI is InChI=1S/C30H30F2N6O3/c31-28(32)17-41-27-12-25-24(11-19(27)14-33)34-29(35-25)13-23-21-8-1-2-9-22(21)30(40)38(36-23)15-20-7-4-10-37(20)16-26(39)18-5-3-6-18/h1-2,8-9,11-12,18,20,28H,3-7,10,13,15-17H2,(H,34,35). The number of likely N-dealkylation sites (tertiary alicyclic amines) is 1. The van der Waals surface area contributed by atoms with Gasteiger partial charge in [-0.2, -0.15) is 10.4 Å². The molecule has 1 aliphatic carbocycles. The predicted octanol–water partition coefficient (Wildman–Crippen LogP) is 4.21. The van der Waals surface area contributed by atoms with Gasteiger partial charge in [-0.1, -0.05) is 24.6 Å². The van der Waals surface area contributed by atoms with Crippen molar-refractivity contribution in [1.29, 1.82) is 5.26 Å². The summed E-state index contributed by atoms with van der Waals surface area (Å²) in [4.78, 5) is 36.1. The number of imidazole rings is 1. The molecule has 2 aromatic carbocycles. The quantitative estimate of drug-likeness (QED) is 0.309. The Morgan fingerprint density at radius 1 is 1.17 bits per heavy atom. The molecule has 41 heavy (non-hydrogen) atoms. The Balaban J connectivity index is 1.29. The summed E-state index contributed by atoms with van der Waals surface area (Å²) in [7, 11) is 0. The molecular weight excluding hydrogens is 530 g/mol. The first-order valence-corrected chi connectivity index (χ1v) is 14.0. The smallest absolute Gasteiger partial charge is 0.274 e. The largest absolute Gasteiger partial charge is 0.486 e. The number of carbonyl (C=O) groups is 1. The number of hydrogen-bond acceptors (Lipinski definition) is 7. The monoisotopic (exact) mass is 560 g/mol. The average Bonchev–Trinajstić information content (AvgIpc) is 3.53. The number of hydrogen-bond donors (Lipinski definition) is 1. The maximum Gasteiger partial charge on any atom is 0.274 e. The van der Waals surface area contributed by atoms with Gasteiger partial charge in [0.1, 0.15) is 30.0 Å². The number of halogens is 2. The Kier molecular flexibility index (Phi) is 7.49. The van der Waals surface area contributed by atoms with Crippen molar-refractivity contribution in [3.63, 3.8) is 0 Å². The fraction of sp³-hybridized carbons (Fsp3) is 0.433. The lowest BCUT2D eigenvalue weighted by Crippen LogP contribution is -2.42. The summed E-state index contributed by atoms with van der Waals surface area (Å²) in [6.07, 6.45) is 2.57. The van der Waals surface area contributed by atoms with Gasteiger partial charge < -0.3 is 9.72 Å². The molecule has 2 aromatic heterocycles. The summed E-state index contributed by atoms with van der Waals surface area (Å²) in [5.74, 6) is 1.08. The minimum Gasteiger partial charge on any atom is -0.486 e. The molecule has 0 bridgehead atoms. The highest BCUT2D eigenvalue weighted by Crippen LogP contribution is 2.29. The van der Waals surface area contributed by atoms with Crippen LogP contribution in [0.15, 0.2) is 41.2 Å². The number of ketones is 1. The van der Waals surface area contributed by atoms with Crippen molar-refractivity contribution in [1.82, 2.24) is 24.6 Å². The minimum atomic E-state index is -2.67. The first kappa shape index (κ1) is 27.0. The minimum absolute atomic E-state index is 0.0485. The van der Waals surface area contributed by atoms with Crippen molar-refractivity contribution in [3.8, 4) is 11.8 Å². The number of carbonyl (C=O) groups excluding carboxylic acids is 1. The molecule has 1 N–H and O–H groups in total. The first-order valence-electron chi connectivity index (χ1n) is 14.0. The van der Waals surface area contributed by atoms with Gasteiger partial charge in [-0.15, -0.1) is 0 Å². The van der Waals surface area contributed by atoms with Crippen LogP contribution >= 0.6 is 0 Å². The highest BCUT2D eigenvalue weighted by molar-refractivity contribution is 5.85. The number of nitrogens with zero attached hydrogens (tertiary/aromatic N) is 5. The van der Waals surface area contributed by atoms with E-state index in [9.17, 15) is 23.6 Å². The summed E-state index contributed by atoms with van der Waals surface area (Å²) in [5.41, 5.74) is 1.65. The molecule has 1 aliphatic heterocycles. The first-order chi connectivity index (χ1) is 19.9. The SMILES string of the molecule is N#Cc1cc2[nH]c(Cc3nn(CC4CCCN4CC(=O)C4CCC4)c(=O)c4ccccc34)nc2cc1OCC(F)F. The van der Waals surface area contributed by atoms with Crippen LogP contribution in [0.3, 0.4) is 0 Å². The van der Waals surface area contributed by atoms with E-state index in [-0.39, 0.29) is 35.3 Å². The molecule has 11 heteroatoms. The number of alkyl halides is 2. The van der Waals surface area contributed by atoms with E-state index >= 15 is 0 Å². The summed E-state index contributed by atoms with van der Waals surface area (Å²) in [6, 6.07) is 12.4. The molecule has 1 unspecified atom stereocenters. The third-order valence-electron chi connectivity index (χ3n) is 8.20. The van der Waals surface area contributed by atoms with Gasteiger partial charge in [-0.3, -0.25) is 14.5 Å². The molecular formula is C30H30F2N6O3. The molecule has 1 saturated heterocycles. The molecule has 1 atom stereocenters. The van der Waals surface area contributed by atoms with Gasteiger partial charge in [0, 0.05) is 23.4 Å². The number of benzene rings is 2. The van der Waals surface area contributed by atoms with E-state index in [4.69, 9.17) is 9.84 Å². The highest BCUT2D eigenvalue weighted by atomic mass is 19.3. The Labute approximate surface area is 234 Å². The van der Waals surface area contributed by atoms with Gasteiger partial charge in [0.05, 0.1) is 47.2 Å². The number of rotatable bonds is 10. The summed E-state index contributed by atoms with van der Waals surface area (Å²) < 4.78 is 32.0. The van der Waals surface area contributed by atoms with Crippen LogP contribution in [0.4, 0.5) is 8.78 Å². The molecule has 2 fully saturated rings. The number of fused-ring (bicyclic) bond motifs is 2. The van der Waals surface area contributed by atoms with Crippen molar-refractivity contribution in [2.75, 3.05) is 19.7 Å². The molecule has 1 saturated carbocycles. The zero-order valence-electron chi connectivity index (χ0n) is 22.5. The van der Waals surface area contributed by atoms with Gasteiger partial charge in [0.15, 0.2) is 0 Å². The van der Waals surface area contributed by atoms with Gasteiger partial charge in [-0.25, -0.2) is 18.4 Å². The second kappa shape index (κ2) is 11.4. The van der Waals surface area contributed by atoms with E-state index in [0.717, 1.165) is 44.0 Å². The topological polar surface area (TPSA) is 117 Å². The lowest BCUT2D eigenvalue weighted by molar-refractivity contribution is -0.126. The Hall–Kier alpha value is -4.17. The molecule has 4 aromatic rings. The number of H-pyrrole nitrogens is 1. The third-order valence-corrected chi connectivity index (χ3v) is 8.20. The van der Waals surface area contributed by atoms with Crippen LogP contribution in [0.5, 0.6) is 5.75 Å². The van der Waals surface area contributed by atoms with Gasteiger partial charge in [0.2, 0.25) is 0 Å². The normalized spacial score (nSPS) is 17.8. The van der Waals surface area contributed by atoms with Crippen LogP contribution in [0.1, 0.15) is 49.2 Å². The molecule has 212 valence electrons. The van der Waals surface area contributed by atoms with Crippen LogP contribution in [0, 0.1) is 17.2 Å². The van der Waals surface area contributed by atoms with Crippen LogP contribution < -0.4 is 10.3 Å². The van der Waals surface area contributed by atoms with Gasteiger partial charge >= 0.3 is 0 Å². The van der Waals surface area contributed by atoms with Crippen molar-refractivity contribution >= 4 is 27.6 Å². The second-order valence-corrected chi connectivity index (χ2v) is 10.9. The maximum atomic E-state index is 13.5. The zero-order valence-corrected chi connectivity index (χ0v) is 22.5. The predicted molar refractivity (Wildman–Crippen MR) is 148 cm³/mol. The molecule has 0 spiro atoms. The number of ether oxygens (including phenoxy) is 1. The van der Waals surface area contributed by atoms with Crippen molar-refractivity contribution in [3.05, 3.63) is 63.8 Å². The summed E-state index contributed by atoms with van der Waals surface area (Å²) in [5, 5.41) is 15.5. The maximum absolute atomic E-state index is 13.5. The second-order valence-electron chi connectivity index (χ2n) is 10.9. The van der Waals surface area contributed by atoms with E-state index < -0.39 is 13.0 Å². The van der Waals surface area contributed by atoms with Crippen molar-refractivity contribution in [2.24, 2.45) is 5.92 Å². The number of Topliss-reactive ketones (excluding diaryl/α,β-unsaturated/α-hetero) is 1.